The van der Waals surface area contributed by atoms with Crippen molar-refractivity contribution in [1.29, 1.82) is 0 Å². The van der Waals surface area contributed by atoms with Gasteiger partial charge in [0.1, 0.15) is 18.7 Å². The lowest BCUT2D eigenvalue weighted by atomic mass is 9.99. The molecule has 0 aliphatic carbocycles. The Labute approximate surface area is 159 Å². The third-order valence-corrected chi connectivity index (χ3v) is 4.19. The average Bonchev–Trinajstić information content (AvgIpc) is 3.15. The Bertz CT molecular complexity index is 705. The first-order valence-electron chi connectivity index (χ1n) is 8.23. The number of nitrogens with one attached hydrogen (secondary N) is 2. The van der Waals surface area contributed by atoms with Crippen molar-refractivity contribution in [1.82, 2.24) is 14.8 Å². The third-order valence-electron chi connectivity index (χ3n) is 4.19. The predicted octanol–water partition coefficient (Wildman–Crippen LogP) is 2.21. The van der Waals surface area contributed by atoms with Crippen LogP contribution in [0.15, 0.2) is 36.9 Å². The second-order valence-electron chi connectivity index (χ2n) is 6.02. The molecule has 2 rings (SSSR count). The zero-order chi connectivity index (χ0) is 18.4. The molecule has 2 aromatic rings. The molecular weight excluding hydrogens is 356 g/mol. The summed E-state index contributed by atoms with van der Waals surface area (Å²) in [6, 6.07) is 5.85. The maximum absolute atomic E-state index is 12.2. The molecule has 0 saturated heterocycles. The van der Waals surface area contributed by atoms with E-state index in [0.29, 0.717) is 11.4 Å². The second kappa shape index (κ2) is 9.88. The largest absolute Gasteiger partial charge is 0.325 e. The number of nitrogens with two attached hydrogens (primary N) is 1. The molecule has 4 N–H and O–H groups in total. The fourth-order valence-corrected chi connectivity index (χ4v) is 2.16. The second-order valence-corrected chi connectivity index (χ2v) is 6.02. The average molecular weight is 381 g/mol. The van der Waals surface area contributed by atoms with Gasteiger partial charge in [0, 0.05) is 11.4 Å². The van der Waals surface area contributed by atoms with Crippen molar-refractivity contribution < 1.29 is 9.59 Å². The molecular formula is C17H25ClN6O2. The van der Waals surface area contributed by atoms with Crippen molar-refractivity contribution in [2.24, 2.45) is 11.7 Å². The number of hydrogen-bond donors (Lipinski definition) is 3. The van der Waals surface area contributed by atoms with Crippen LogP contribution in [0.5, 0.6) is 0 Å². The molecule has 0 radical (unpaired) electrons. The van der Waals surface area contributed by atoms with Gasteiger partial charge in [0.15, 0.2) is 0 Å². The summed E-state index contributed by atoms with van der Waals surface area (Å²) in [7, 11) is 0. The molecule has 0 bridgehead atoms. The van der Waals surface area contributed by atoms with E-state index in [-0.39, 0.29) is 30.1 Å². The van der Waals surface area contributed by atoms with Gasteiger partial charge < -0.3 is 16.4 Å². The van der Waals surface area contributed by atoms with E-state index in [0.717, 1.165) is 6.42 Å². The van der Waals surface area contributed by atoms with Crippen LogP contribution in [0.2, 0.25) is 0 Å². The highest BCUT2D eigenvalue weighted by Crippen LogP contribution is 2.16. The number of hydrogen-bond acceptors (Lipinski definition) is 5. The van der Waals surface area contributed by atoms with Crippen LogP contribution in [-0.2, 0) is 9.59 Å². The van der Waals surface area contributed by atoms with Gasteiger partial charge in [0.25, 0.3) is 0 Å². The first-order chi connectivity index (χ1) is 11.9. The van der Waals surface area contributed by atoms with Crippen LogP contribution in [0.3, 0.4) is 0 Å². The smallest absolute Gasteiger partial charge is 0.249 e. The number of halogens is 1. The number of amides is 2. The molecule has 0 spiro atoms. The number of nitrogens with zero attached hydrogens (tertiary/aromatic N) is 3. The highest BCUT2D eigenvalue weighted by atomic mass is 35.5. The van der Waals surface area contributed by atoms with Crippen LogP contribution in [0.1, 0.15) is 33.2 Å². The van der Waals surface area contributed by atoms with Crippen molar-refractivity contribution in [3.05, 3.63) is 36.9 Å². The van der Waals surface area contributed by atoms with E-state index in [1.165, 1.54) is 17.3 Å². The molecule has 142 valence electrons. The number of carbonyl (C=O) groups is 2. The molecule has 1 aromatic carbocycles. The summed E-state index contributed by atoms with van der Waals surface area (Å²) in [6.45, 7) is 5.67. The van der Waals surface area contributed by atoms with Crippen molar-refractivity contribution in [3.8, 4) is 0 Å². The molecule has 3 atom stereocenters. The summed E-state index contributed by atoms with van der Waals surface area (Å²) in [5, 5.41) is 9.53. The molecule has 8 nitrogen and oxygen atoms in total. The molecule has 0 aliphatic rings. The van der Waals surface area contributed by atoms with Gasteiger partial charge in [0.2, 0.25) is 11.8 Å². The van der Waals surface area contributed by atoms with E-state index in [2.05, 4.69) is 20.7 Å². The fraction of sp³-hybridized carbons (Fsp3) is 0.412. The van der Waals surface area contributed by atoms with Crippen LogP contribution in [0.4, 0.5) is 11.4 Å². The quantitative estimate of drug-likeness (QED) is 0.681. The Kier molecular flexibility index (Phi) is 8.21. The normalized spacial score (nSPS) is 13.8. The number of carbonyl (C=O) groups excluding carboxylic acids is 2. The summed E-state index contributed by atoms with van der Waals surface area (Å²) in [6.07, 6.45) is 3.71. The van der Waals surface area contributed by atoms with Gasteiger partial charge in [-0.3, -0.25) is 9.59 Å². The van der Waals surface area contributed by atoms with Gasteiger partial charge in [0.05, 0.1) is 6.04 Å². The Hall–Kier alpha value is -2.45. The standard InChI is InChI=1S/C17H24N6O2.ClH/c1-4-11(2)15(18)17(25)22-14-7-5-13(6-8-14)21-16(24)12(3)23-10-19-9-20-23;/h5-12,15H,4,18H2,1-3H3,(H,21,24)(H,22,25);1H. The monoisotopic (exact) mass is 380 g/mol. The molecule has 1 aromatic heterocycles. The maximum Gasteiger partial charge on any atom is 0.249 e. The molecule has 9 heteroatoms. The van der Waals surface area contributed by atoms with Crippen molar-refractivity contribution >= 4 is 35.6 Å². The van der Waals surface area contributed by atoms with E-state index in [9.17, 15) is 9.59 Å². The summed E-state index contributed by atoms with van der Waals surface area (Å²) in [5.74, 6) is -0.316. The topological polar surface area (TPSA) is 115 Å². The van der Waals surface area contributed by atoms with E-state index in [4.69, 9.17) is 5.73 Å². The lowest BCUT2D eigenvalue weighted by molar-refractivity contribution is -0.119. The van der Waals surface area contributed by atoms with Crippen LogP contribution < -0.4 is 16.4 Å². The Morgan fingerprint density at radius 2 is 1.65 bits per heavy atom. The van der Waals surface area contributed by atoms with Gasteiger partial charge in [-0.15, -0.1) is 12.4 Å². The molecule has 0 aliphatic heterocycles. The van der Waals surface area contributed by atoms with Gasteiger partial charge in [-0.25, -0.2) is 9.67 Å². The fourth-order valence-electron chi connectivity index (χ4n) is 2.16. The number of aromatic nitrogens is 3. The molecule has 26 heavy (non-hydrogen) atoms. The minimum absolute atomic E-state index is 0. The van der Waals surface area contributed by atoms with Gasteiger partial charge >= 0.3 is 0 Å². The predicted molar refractivity (Wildman–Crippen MR) is 103 cm³/mol. The lowest BCUT2D eigenvalue weighted by Crippen LogP contribution is -2.40. The van der Waals surface area contributed by atoms with Crippen LogP contribution in [0.25, 0.3) is 0 Å². The molecule has 0 saturated carbocycles. The van der Waals surface area contributed by atoms with Crippen molar-refractivity contribution in [3.63, 3.8) is 0 Å². The Balaban J connectivity index is 0.00000338. The molecule has 2 amide bonds. The first-order valence-corrected chi connectivity index (χ1v) is 8.23. The summed E-state index contributed by atoms with van der Waals surface area (Å²) < 4.78 is 1.47. The molecule has 0 fully saturated rings. The lowest BCUT2D eigenvalue weighted by Gasteiger charge is -2.18. The van der Waals surface area contributed by atoms with E-state index < -0.39 is 12.1 Å². The van der Waals surface area contributed by atoms with Crippen LogP contribution in [0, 0.1) is 5.92 Å². The maximum atomic E-state index is 12.2. The number of anilines is 2. The van der Waals surface area contributed by atoms with Gasteiger partial charge in [-0.05, 0) is 37.1 Å². The van der Waals surface area contributed by atoms with Gasteiger partial charge in [-0.1, -0.05) is 20.3 Å². The minimum atomic E-state index is -0.548. The highest BCUT2D eigenvalue weighted by Gasteiger charge is 2.19. The number of rotatable bonds is 7. The highest BCUT2D eigenvalue weighted by molar-refractivity contribution is 5.96. The zero-order valence-electron chi connectivity index (χ0n) is 15.0. The van der Waals surface area contributed by atoms with Crippen LogP contribution in [-0.4, -0.2) is 32.6 Å². The zero-order valence-corrected chi connectivity index (χ0v) is 15.9. The number of benzene rings is 1. The summed E-state index contributed by atoms with van der Waals surface area (Å²) >= 11 is 0. The third kappa shape index (κ3) is 5.53. The van der Waals surface area contributed by atoms with Crippen molar-refractivity contribution in [2.45, 2.75) is 39.3 Å². The Morgan fingerprint density at radius 3 is 2.12 bits per heavy atom. The molecule has 3 unspecified atom stereocenters. The van der Waals surface area contributed by atoms with E-state index in [1.807, 2.05) is 13.8 Å². The van der Waals surface area contributed by atoms with E-state index in [1.54, 1.807) is 31.2 Å². The van der Waals surface area contributed by atoms with E-state index >= 15 is 0 Å². The van der Waals surface area contributed by atoms with Crippen molar-refractivity contribution in [2.75, 3.05) is 10.6 Å². The summed E-state index contributed by atoms with van der Waals surface area (Å²) in [5.41, 5.74) is 7.17. The minimum Gasteiger partial charge on any atom is -0.325 e. The van der Waals surface area contributed by atoms with Crippen LogP contribution >= 0.6 is 12.4 Å². The first kappa shape index (κ1) is 21.6. The molecule has 1 heterocycles. The summed E-state index contributed by atoms with van der Waals surface area (Å²) in [4.78, 5) is 28.1. The SMILES string of the molecule is CCC(C)C(N)C(=O)Nc1ccc(NC(=O)C(C)n2cncn2)cc1.Cl. The van der Waals surface area contributed by atoms with Gasteiger partial charge in [-0.2, -0.15) is 5.10 Å². The Morgan fingerprint density at radius 1 is 1.12 bits per heavy atom.